The molecule has 0 bridgehead atoms. The third-order valence-electron chi connectivity index (χ3n) is 3.40. The number of unbranched alkanes of at least 4 members (excludes halogenated alkanes) is 1. The van der Waals surface area contributed by atoms with E-state index in [1.165, 1.54) is 19.3 Å². The summed E-state index contributed by atoms with van der Waals surface area (Å²) in [4.78, 5) is 6.69. The van der Waals surface area contributed by atoms with E-state index in [1.807, 2.05) is 7.05 Å². The highest BCUT2D eigenvalue weighted by Gasteiger charge is 2.24. The van der Waals surface area contributed by atoms with Gasteiger partial charge in [-0.05, 0) is 12.8 Å². The summed E-state index contributed by atoms with van der Waals surface area (Å²) in [6, 6.07) is 0. The molecule has 0 amide bonds. The molecule has 1 aliphatic heterocycles. The van der Waals surface area contributed by atoms with Crippen LogP contribution >= 0.6 is 0 Å². The topological polar surface area (TPSA) is 46.1 Å². The molecule has 0 radical (unpaired) electrons. The number of rotatable bonds is 8. The summed E-state index contributed by atoms with van der Waals surface area (Å²) in [6.45, 7) is 7.52. The van der Waals surface area contributed by atoms with Crippen molar-refractivity contribution in [3.8, 4) is 0 Å². The Balaban J connectivity index is 2.21. The van der Waals surface area contributed by atoms with Crippen molar-refractivity contribution in [3.05, 3.63) is 0 Å². The molecule has 1 rings (SSSR count). The molecule has 1 saturated heterocycles. The van der Waals surface area contributed by atoms with Gasteiger partial charge in [0.25, 0.3) is 0 Å². The number of hydrogen-bond acceptors (Lipinski definition) is 3. The minimum Gasteiger partial charge on any atom is -0.382 e. The van der Waals surface area contributed by atoms with Crippen LogP contribution in [0.3, 0.4) is 0 Å². The monoisotopic (exact) mass is 271 g/mol. The third kappa shape index (κ3) is 6.25. The predicted molar refractivity (Wildman–Crippen MR) is 78.6 cm³/mol. The molecule has 1 N–H and O–H groups in total. The number of aliphatic imine (C=N–C) groups is 1. The first-order valence-corrected chi connectivity index (χ1v) is 7.34. The van der Waals surface area contributed by atoms with Gasteiger partial charge in [-0.15, -0.1) is 0 Å². The van der Waals surface area contributed by atoms with Crippen LogP contribution in [0.15, 0.2) is 4.99 Å². The van der Waals surface area contributed by atoms with Crippen molar-refractivity contribution < 1.29 is 9.47 Å². The van der Waals surface area contributed by atoms with Crippen molar-refractivity contribution in [2.24, 2.45) is 10.9 Å². The Hall–Kier alpha value is -0.810. The maximum absolute atomic E-state index is 5.61. The van der Waals surface area contributed by atoms with Gasteiger partial charge in [0.15, 0.2) is 5.96 Å². The van der Waals surface area contributed by atoms with Gasteiger partial charge in [-0.1, -0.05) is 13.3 Å². The number of nitrogens with zero attached hydrogens (tertiary/aromatic N) is 2. The van der Waals surface area contributed by atoms with Gasteiger partial charge in [-0.25, -0.2) is 0 Å². The summed E-state index contributed by atoms with van der Waals surface area (Å²) < 4.78 is 10.6. The largest absolute Gasteiger partial charge is 0.382 e. The fourth-order valence-corrected chi connectivity index (χ4v) is 2.26. The number of hydrogen-bond donors (Lipinski definition) is 1. The van der Waals surface area contributed by atoms with E-state index < -0.39 is 0 Å². The van der Waals surface area contributed by atoms with Crippen molar-refractivity contribution in [1.29, 1.82) is 0 Å². The highest BCUT2D eigenvalue weighted by Crippen LogP contribution is 2.16. The molecule has 1 fully saturated rings. The Bertz CT molecular complexity index is 259. The normalized spacial score (nSPS) is 20.1. The van der Waals surface area contributed by atoms with Gasteiger partial charge in [0.1, 0.15) is 0 Å². The lowest BCUT2D eigenvalue weighted by Gasteiger charge is -2.21. The second kappa shape index (κ2) is 10.0. The lowest BCUT2D eigenvalue weighted by Crippen LogP contribution is -2.40. The molecule has 19 heavy (non-hydrogen) atoms. The van der Waals surface area contributed by atoms with E-state index in [1.54, 1.807) is 7.11 Å². The summed E-state index contributed by atoms with van der Waals surface area (Å²) >= 11 is 0. The van der Waals surface area contributed by atoms with Crippen LogP contribution in [0.4, 0.5) is 0 Å². The van der Waals surface area contributed by atoms with E-state index >= 15 is 0 Å². The Morgan fingerprint density at radius 1 is 1.42 bits per heavy atom. The minimum atomic E-state index is 0.613. The lowest BCUT2D eigenvalue weighted by atomic mass is 10.1. The zero-order valence-corrected chi connectivity index (χ0v) is 12.7. The molecule has 0 saturated carbocycles. The van der Waals surface area contributed by atoms with Gasteiger partial charge in [0, 0.05) is 39.7 Å². The van der Waals surface area contributed by atoms with Crippen LogP contribution in [0, 0.1) is 5.92 Å². The molecule has 0 aromatic carbocycles. The van der Waals surface area contributed by atoms with Gasteiger partial charge < -0.3 is 19.7 Å². The van der Waals surface area contributed by atoms with Gasteiger partial charge in [0.05, 0.1) is 19.8 Å². The summed E-state index contributed by atoms with van der Waals surface area (Å²) in [5.74, 6) is 1.65. The first kappa shape index (κ1) is 16.2. The summed E-state index contributed by atoms with van der Waals surface area (Å²) in [6.07, 6.45) is 3.58. The zero-order valence-electron chi connectivity index (χ0n) is 12.7. The first-order valence-electron chi connectivity index (χ1n) is 7.34. The summed E-state index contributed by atoms with van der Waals surface area (Å²) in [7, 11) is 3.56. The Morgan fingerprint density at radius 2 is 2.26 bits per heavy atom. The SMILES string of the molecule is CCCCNC(=NC)N1CCC(COCCOC)C1. The molecule has 0 aromatic rings. The van der Waals surface area contributed by atoms with Crippen LogP contribution in [0.25, 0.3) is 0 Å². The third-order valence-corrected chi connectivity index (χ3v) is 3.40. The van der Waals surface area contributed by atoms with Crippen LogP contribution in [-0.4, -0.2) is 64.5 Å². The summed E-state index contributed by atoms with van der Waals surface area (Å²) in [5, 5.41) is 3.42. The minimum absolute atomic E-state index is 0.613. The molecule has 1 heterocycles. The van der Waals surface area contributed by atoms with E-state index in [0.29, 0.717) is 19.1 Å². The van der Waals surface area contributed by atoms with Crippen molar-refractivity contribution >= 4 is 5.96 Å². The van der Waals surface area contributed by atoms with E-state index in [2.05, 4.69) is 22.1 Å². The van der Waals surface area contributed by atoms with Gasteiger partial charge in [0.2, 0.25) is 0 Å². The average Bonchev–Trinajstić information content (AvgIpc) is 2.88. The molecular weight excluding hydrogens is 242 g/mol. The Morgan fingerprint density at radius 3 is 2.95 bits per heavy atom. The second-order valence-electron chi connectivity index (χ2n) is 5.00. The second-order valence-corrected chi connectivity index (χ2v) is 5.00. The highest BCUT2D eigenvalue weighted by molar-refractivity contribution is 5.80. The van der Waals surface area contributed by atoms with Crippen LogP contribution in [0.1, 0.15) is 26.2 Å². The molecular formula is C14H29N3O2. The van der Waals surface area contributed by atoms with Crippen molar-refractivity contribution in [1.82, 2.24) is 10.2 Å². The first-order chi connectivity index (χ1) is 9.31. The summed E-state index contributed by atoms with van der Waals surface area (Å²) in [5.41, 5.74) is 0. The number of likely N-dealkylation sites (tertiary alicyclic amines) is 1. The maximum Gasteiger partial charge on any atom is 0.193 e. The number of ether oxygens (including phenoxy) is 2. The smallest absolute Gasteiger partial charge is 0.193 e. The van der Waals surface area contributed by atoms with E-state index in [4.69, 9.17) is 9.47 Å². The molecule has 5 nitrogen and oxygen atoms in total. The molecule has 1 unspecified atom stereocenters. The molecule has 0 spiro atoms. The van der Waals surface area contributed by atoms with Crippen LogP contribution in [0.2, 0.25) is 0 Å². The maximum atomic E-state index is 5.61. The quantitative estimate of drug-likeness (QED) is 0.411. The van der Waals surface area contributed by atoms with Gasteiger partial charge >= 0.3 is 0 Å². The van der Waals surface area contributed by atoms with Crippen molar-refractivity contribution in [3.63, 3.8) is 0 Å². The molecule has 5 heteroatoms. The Kier molecular flexibility index (Phi) is 8.58. The van der Waals surface area contributed by atoms with Gasteiger partial charge in [-0.2, -0.15) is 0 Å². The molecule has 1 atom stereocenters. The van der Waals surface area contributed by atoms with E-state index in [9.17, 15) is 0 Å². The standard InChI is InChI=1S/C14H29N3O2/c1-4-5-7-16-14(15-2)17-8-6-13(11-17)12-19-10-9-18-3/h13H,4-12H2,1-3H3,(H,15,16). The van der Waals surface area contributed by atoms with Crippen LogP contribution < -0.4 is 5.32 Å². The fourth-order valence-electron chi connectivity index (χ4n) is 2.26. The number of methoxy groups -OCH3 is 1. The number of guanidine groups is 1. The molecule has 0 aromatic heterocycles. The van der Waals surface area contributed by atoms with Crippen molar-refractivity contribution in [2.45, 2.75) is 26.2 Å². The predicted octanol–water partition coefficient (Wildman–Crippen LogP) is 1.35. The van der Waals surface area contributed by atoms with Crippen LogP contribution in [0.5, 0.6) is 0 Å². The Labute approximate surface area is 117 Å². The lowest BCUT2D eigenvalue weighted by molar-refractivity contribution is 0.0536. The highest BCUT2D eigenvalue weighted by atomic mass is 16.5. The molecule has 0 aliphatic carbocycles. The van der Waals surface area contributed by atoms with Crippen LogP contribution in [-0.2, 0) is 9.47 Å². The van der Waals surface area contributed by atoms with Gasteiger partial charge in [-0.3, -0.25) is 4.99 Å². The zero-order chi connectivity index (χ0) is 13.9. The molecule has 112 valence electrons. The van der Waals surface area contributed by atoms with E-state index in [-0.39, 0.29) is 0 Å². The molecule has 1 aliphatic rings. The van der Waals surface area contributed by atoms with E-state index in [0.717, 1.165) is 32.2 Å². The fraction of sp³-hybridized carbons (Fsp3) is 0.929. The van der Waals surface area contributed by atoms with Crippen molar-refractivity contribution in [2.75, 3.05) is 53.6 Å². The average molecular weight is 271 g/mol. The number of nitrogens with one attached hydrogen (secondary N) is 1.